The fraction of sp³-hybridized carbons (Fsp3) is 0.250. The Labute approximate surface area is 176 Å². The summed E-state index contributed by atoms with van der Waals surface area (Å²) in [6, 6.07) is 9.73. The van der Waals surface area contributed by atoms with E-state index in [1.165, 1.54) is 36.4 Å². The lowest BCUT2D eigenvalue weighted by Crippen LogP contribution is -2.35. The molecule has 0 bridgehead atoms. The Balaban J connectivity index is 1.53. The topological polar surface area (TPSA) is 130 Å². The zero-order valence-corrected chi connectivity index (χ0v) is 16.6. The Morgan fingerprint density at radius 2 is 1.67 bits per heavy atom. The van der Waals surface area contributed by atoms with Gasteiger partial charge in [0.15, 0.2) is 0 Å². The molecule has 0 atom stereocenters. The van der Waals surface area contributed by atoms with E-state index in [2.05, 4.69) is 16.0 Å². The highest BCUT2D eigenvalue weighted by Crippen LogP contribution is 2.28. The van der Waals surface area contributed by atoms with E-state index in [0.717, 1.165) is 18.9 Å². The minimum Gasteiger partial charge on any atom is -0.354 e. The van der Waals surface area contributed by atoms with Gasteiger partial charge in [-0.2, -0.15) is 0 Å². The third-order valence-corrected chi connectivity index (χ3v) is 4.80. The standard InChI is InChI=1S/C20H19ClN4O5/c21-17-8-7-15(25(29)30)11-16(17)20(28)24-14-5-3-13(4-6-14)19(27)23-10-9-22-18(26)12-1-2-12/h3-8,11-12H,1-2,9-10H2,(H,22,26)(H,23,27)(H,24,28). The molecule has 1 aliphatic rings. The molecule has 0 radical (unpaired) electrons. The van der Waals surface area contributed by atoms with Crippen LogP contribution in [0, 0.1) is 16.0 Å². The van der Waals surface area contributed by atoms with Gasteiger partial charge in [-0.3, -0.25) is 24.5 Å². The Kier molecular flexibility index (Phi) is 6.63. The van der Waals surface area contributed by atoms with Crippen molar-refractivity contribution in [1.29, 1.82) is 0 Å². The average molecular weight is 431 g/mol. The average Bonchev–Trinajstić information content (AvgIpc) is 3.57. The molecule has 2 aromatic rings. The van der Waals surface area contributed by atoms with Gasteiger partial charge in [0.05, 0.1) is 15.5 Å². The molecule has 3 N–H and O–H groups in total. The summed E-state index contributed by atoms with van der Waals surface area (Å²) in [7, 11) is 0. The van der Waals surface area contributed by atoms with Crippen LogP contribution in [-0.2, 0) is 4.79 Å². The number of carbonyl (C=O) groups is 3. The first-order valence-corrected chi connectivity index (χ1v) is 9.64. The van der Waals surface area contributed by atoms with Gasteiger partial charge in [-0.15, -0.1) is 0 Å². The molecule has 9 nitrogen and oxygen atoms in total. The van der Waals surface area contributed by atoms with Crippen molar-refractivity contribution in [2.45, 2.75) is 12.8 Å². The van der Waals surface area contributed by atoms with E-state index in [9.17, 15) is 24.5 Å². The second kappa shape index (κ2) is 9.36. The van der Waals surface area contributed by atoms with Gasteiger partial charge in [-0.1, -0.05) is 11.6 Å². The van der Waals surface area contributed by atoms with E-state index in [-0.39, 0.29) is 34.0 Å². The first kappa shape index (κ1) is 21.3. The number of non-ortho nitro benzene ring substituents is 1. The number of amides is 3. The van der Waals surface area contributed by atoms with Crippen molar-refractivity contribution in [1.82, 2.24) is 10.6 Å². The Morgan fingerprint density at radius 1 is 1.00 bits per heavy atom. The van der Waals surface area contributed by atoms with Gasteiger partial charge in [-0.05, 0) is 43.2 Å². The number of anilines is 1. The van der Waals surface area contributed by atoms with Gasteiger partial charge in [0, 0.05) is 42.4 Å². The van der Waals surface area contributed by atoms with Crippen molar-refractivity contribution >= 4 is 40.7 Å². The molecule has 0 aliphatic heterocycles. The number of nitrogens with zero attached hydrogens (tertiary/aromatic N) is 1. The molecule has 3 amide bonds. The predicted octanol–water partition coefficient (Wildman–Crippen LogP) is 2.76. The smallest absolute Gasteiger partial charge is 0.270 e. The summed E-state index contributed by atoms with van der Waals surface area (Å²) in [4.78, 5) is 46.3. The molecule has 2 aromatic carbocycles. The number of hydrogen-bond donors (Lipinski definition) is 3. The van der Waals surface area contributed by atoms with E-state index in [0.29, 0.717) is 24.3 Å². The molecule has 0 heterocycles. The third-order valence-electron chi connectivity index (χ3n) is 4.47. The second-order valence-electron chi connectivity index (χ2n) is 6.77. The van der Waals surface area contributed by atoms with Crippen molar-refractivity contribution < 1.29 is 19.3 Å². The molecule has 0 spiro atoms. The van der Waals surface area contributed by atoms with E-state index >= 15 is 0 Å². The zero-order chi connectivity index (χ0) is 21.7. The number of nitro benzene ring substituents is 1. The second-order valence-corrected chi connectivity index (χ2v) is 7.18. The van der Waals surface area contributed by atoms with E-state index in [1.54, 1.807) is 0 Å². The molecule has 10 heteroatoms. The van der Waals surface area contributed by atoms with Crippen molar-refractivity contribution in [3.05, 3.63) is 68.7 Å². The fourth-order valence-electron chi connectivity index (χ4n) is 2.66. The van der Waals surface area contributed by atoms with Gasteiger partial charge >= 0.3 is 0 Å². The SMILES string of the molecule is O=C(NCCNC(=O)C1CC1)c1ccc(NC(=O)c2cc([N+](=O)[O-])ccc2Cl)cc1. The van der Waals surface area contributed by atoms with Crippen LogP contribution >= 0.6 is 11.6 Å². The normalized spacial score (nSPS) is 12.7. The highest BCUT2D eigenvalue weighted by molar-refractivity contribution is 6.34. The fourth-order valence-corrected chi connectivity index (χ4v) is 2.86. The Bertz CT molecular complexity index is 989. The van der Waals surface area contributed by atoms with Crippen molar-refractivity contribution in [3.8, 4) is 0 Å². The summed E-state index contributed by atoms with van der Waals surface area (Å²) in [5.74, 6) is -0.767. The van der Waals surface area contributed by atoms with Crippen LogP contribution in [0.3, 0.4) is 0 Å². The molecule has 30 heavy (non-hydrogen) atoms. The summed E-state index contributed by atoms with van der Waals surface area (Å²) < 4.78 is 0. The number of benzene rings is 2. The van der Waals surface area contributed by atoms with E-state index in [1.807, 2.05) is 0 Å². The largest absolute Gasteiger partial charge is 0.354 e. The molecular weight excluding hydrogens is 412 g/mol. The monoisotopic (exact) mass is 430 g/mol. The van der Waals surface area contributed by atoms with E-state index < -0.39 is 10.8 Å². The molecule has 1 fully saturated rings. The maximum Gasteiger partial charge on any atom is 0.270 e. The molecule has 156 valence electrons. The summed E-state index contributed by atoms with van der Waals surface area (Å²) in [5.41, 5.74) is 0.511. The van der Waals surface area contributed by atoms with Gasteiger partial charge in [-0.25, -0.2) is 0 Å². The molecule has 0 unspecified atom stereocenters. The summed E-state index contributed by atoms with van der Waals surface area (Å²) in [6.07, 6.45) is 1.85. The molecule has 1 aliphatic carbocycles. The van der Waals surface area contributed by atoms with Crippen molar-refractivity contribution in [2.24, 2.45) is 5.92 Å². The summed E-state index contributed by atoms with van der Waals surface area (Å²) >= 11 is 5.97. The number of nitro groups is 1. The molecule has 0 saturated heterocycles. The maximum atomic E-state index is 12.4. The van der Waals surface area contributed by atoms with Gasteiger partial charge in [0.1, 0.15) is 0 Å². The van der Waals surface area contributed by atoms with Crippen LogP contribution in [-0.4, -0.2) is 35.7 Å². The third kappa shape index (κ3) is 5.54. The van der Waals surface area contributed by atoms with Crippen LogP contribution in [0.2, 0.25) is 5.02 Å². The van der Waals surface area contributed by atoms with Crippen LogP contribution in [0.25, 0.3) is 0 Å². The Morgan fingerprint density at radius 3 is 2.30 bits per heavy atom. The number of halogens is 1. The minimum absolute atomic E-state index is 0.0215. The molecule has 3 rings (SSSR count). The quantitative estimate of drug-likeness (QED) is 0.336. The lowest BCUT2D eigenvalue weighted by molar-refractivity contribution is -0.384. The number of nitrogens with one attached hydrogen (secondary N) is 3. The lowest BCUT2D eigenvalue weighted by Gasteiger charge is -2.09. The van der Waals surface area contributed by atoms with Gasteiger partial charge in [0.25, 0.3) is 17.5 Å². The number of rotatable bonds is 8. The number of hydrogen-bond acceptors (Lipinski definition) is 5. The summed E-state index contributed by atoms with van der Waals surface area (Å²) in [6.45, 7) is 0.667. The highest BCUT2D eigenvalue weighted by Gasteiger charge is 2.29. The first-order chi connectivity index (χ1) is 14.3. The predicted molar refractivity (Wildman–Crippen MR) is 111 cm³/mol. The molecule has 0 aromatic heterocycles. The molecule has 1 saturated carbocycles. The van der Waals surface area contributed by atoms with Crippen LogP contribution in [0.4, 0.5) is 11.4 Å². The lowest BCUT2D eigenvalue weighted by atomic mass is 10.1. The van der Waals surface area contributed by atoms with Crippen LogP contribution in [0.5, 0.6) is 0 Å². The first-order valence-electron chi connectivity index (χ1n) is 9.26. The minimum atomic E-state index is -0.613. The van der Waals surface area contributed by atoms with E-state index in [4.69, 9.17) is 11.6 Å². The van der Waals surface area contributed by atoms with Crippen molar-refractivity contribution in [2.75, 3.05) is 18.4 Å². The zero-order valence-electron chi connectivity index (χ0n) is 15.8. The van der Waals surface area contributed by atoms with Gasteiger partial charge < -0.3 is 16.0 Å². The van der Waals surface area contributed by atoms with Crippen LogP contribution in [0.1, 0.15) is 33.6 Å². The molecular formula is C20H19ClN4O5. The van der Waals surface area contributed by atoms with Gasteiger partial charge in [0.2, 0.25) is 5.91 Å². The highest BCUT2D eigenvalue weighted by atomic mass is 35.5. The number of carbonyl (C=O) groups excluding carboxylic acids is 3. The van der Waals surface area contributed by atoms with Crippen LogP contribution < -0.4 is 16.0 Å². The van der Waals surface area contributed by atoms with Crippen molar-refractivity contribution in [3.63, 3.8) is 0 Å². The van der Waals surface area contributed by atoms with Crippen LogP contribution in [0.15, 0.2) is 42.5 Å². The summed E-state index contributed by atoms with van der Waals surface area (Å²) in [5, 5.41) is 19.0. The maximum absolute atomic E-state index is 12.4. The Hall–Kier alpha value is -3.46.